The highest BCUT2D eigenvalue weighted by Crippen LogP contribution is 2.25. The van der Waals surface area contributed by atoms with Gasteiger partial charge in [-0.3, -0.25) is 0 Å². The van der Waals surface area contributed by atoms with Crippen molar-refractivity contribution in [3.63, 3.8) is 0 Å². The first kappa shape index (κ1) is 10.4. The van der Waals surface area contributed by atoms with Crippen molar-refractivity contribution in [3.05, 3.63) is 24.3 Å². The van der Waals surface area contributed by atoms with Gasteiger partial charge in [-0.15, -0.1) is 23.4 Å². The summed E-state index contributed by atoms with van der Waals surface area (Å²) >= 11 is 0. The summed E-state index contributed by atoms with van der Waals surface area (Å²) in [5, 5.41) is 12.8. The van der Waals surface area contributed by atoms with Crippen molar-refractivity contribution in [2.45, 2.75) is 6.36 Å². The number of ether oxygens (including phenoxy) is 1. The third-order valence-corrected chi connectivity index (χ3v) is 1.67. The molecule has 0 saturated heterocycles. The van der Waals surface area contributed by atoms with Crippen LogP contribution in [0.15, 0.2) is 24.3 Å². The summed E-state index contributed by atoms with van der Waals surface area (Å²) in [6, 6.07) is 5.33. The zero-order valence-corrected chi connectivity index (χ0v) is 7.69. The van der Waals surface area contributed by atoms with Crippen molar-refractivity contribution in [3.8, 4) is 17.1 Å². The summed E-state index contributed by atoms with van der Waals surface area (Å²) in [5.74, 6) is -0.123. The maximum Gasteiger partial charge on any atom is 0.573 e. The van der Waals surface area contributed by atoms with Crippen molar-refractivity contribution in [1.82, 2.24) is 20.6 Å². The van der Waals surface area contributed by atoms with Crippen molar-refractivity contribution >= 4 is 0 Å². The van der Waals surface area contributed by atoms with Gasteiger partial charge in [-0.1, -0.05) is 12.1 Å². The molecule has 16 heavy (non-hydrogen) atoms. The Kier molecular flexibility index (Phi) is 2.47. The summed E-state index contributed by atoms with van der Waals surface area (Å²) in [5.41, 5.74) is 0.385. The number of aromatic amines is 1. The predicted molar refractivity (Wildman–Crippen MR) is 46.3 cm³/mol. The van der Waals surface area contributed by atoms with E-state index >= 15 is 0 Å². The number of H-pyrrole nitrogens is 1. The zero-order chi connectivity index (χ0) is 11.6. The van der Waals surface area contributed by atoms with Crippen molar-refractivity contribution in [2.75, 3.05) is 0 Å². The summed E-state index contributed by atoms with van der Waals surface area (Å²) in [7, 11) is 0. The first-order valence-corrected chi connectivity index (χ1v) is 4.14. The minimum Gasteiger partial charge on any atom is -0.406 e. The Labute approximate surface area is 87.2 Å². The lowest BCUT2D eigenvalue weighted by Gasteiger charge is -2.08. The van der Waals surface area contributed by atoms with Crippen molar-refractivity contribution in [2.24, 2.45) is 0 Å². The van der Waals surface area contributed by atoms with Crippen LogP contribution in [0, 0.1) is 0 Å². The molecule has 1 aromatic carbocycles. The number of nitrogens with zero attached hydrogens (tertiary/aromatic N) is 3. The zero-order valence-electron chi connectivity index (χ0n) is 7.69. The first-order chi connectivity index (χ1) is 7.54. The summed E-state index contributed by atoms with van der Waals surface area (Å²) in [4.78, 5) is 0. The molecule has 84 valence electrons. The molecule has 0 aliphatic rings. The van der Waals surface area contributed by atoms with E-state index in [4.69, 9.17) is 0 Å². The van der Waals surface area contributed by atoms with E-state index in [1.54, 1.807) is 6.07 Å². The van der Waals surface area contributed by atoms with E-state index in [1.807, 2.05) is 0 Å². The quantitative estimate of drug-likeness (QED) is 0.853. The fourth-order valence-electron chi connectivity index (χ4n) is 1.12. The van der Waals surface area contributed by atoms with E-state index < -0.39 is 6.36 Å². The maximum atomic E-state index is 11.9. The lowest BCUT2D eigenvalue weighted by atomic mass is 10.2. The van der Waals surface area contributed by atoms with Crippen molar-refractivity contribution < 1.29 is 17.9 Å². The van der Waals surface area contributed by atoms with Gasteiger partial charge in [-0.2, -0.15) is 5.21 Å². The maximum absolute atomic E-state index is 11.9. The number of benzene rings is 1. The average Bonchev–Trinajstić information content (AvgIpc) is 2.68. The molecule has 8 heteroatoms. The van der Waals surface area contributed by atoms with Crippen LogP contribution < -0.4 is 4.74 Å². The predicted octanol–water partition coefficient (Wildman–Crippen LogP) is 1.77. The molecule has 0 radical (unpaired) electrons. The van der Waals surface area contributed by atoms with Gasteiger partial charge in [0, 0.05) is 5.56 Å². The lowest BCUT2D eigenvalue weighted by Crippen LogP contribution is -2.17. The molecule has 0 saturated carbocycles. The number of halogens is 3. The Bertz CT molecular complexity index is 468. The molecule has 1 aromatic heterocycles. The van der Waals surface area contributed by atoms with Gasteiger partial charge >= 0.3 is 6.36 Å². The minimum absolute atomic E-state index is 0.202. The van der Waals surface area contributed by atoms with Crippen LogP contribution in [0.4, 0.5) is 13.2 Å². The molecule has 0 unspecified atom stereocenters. The summed E-state index contributed by atoms with van der Waals surface area (Å²) in [6.45, 7) is 0. The second-order valence-electron chi connectivity index (χ2n) is 2.81. The molecule has 0 fully saturated rings. The van der Waals surface area contributed by atoms with Gasteiger partial charge in [-0.05, 0) is 17.3 Å². The third-order valence-electron chi connectivity index (χ3n) is 1.67. The third kappa shape index (κ3) is 2.47. The second kappa shape index (κ2) is 3.80. The van der Waals surface area contributed by atoms with Gasteiger partial charge in [0.15, 0.2) is 0 Å². The van der Waals surface area contributed by atoms with Gasteiger partial charge in [-0.25, -0.2) is 0 Å². The SMILES string of the molecule is FC(F)(F)Oc1cccc(-c2nn[nH]n2)c1. The largest absolute Gasteiger partial charge is 0.573 e. The average molecular weight is 230 g/mol. The molecule has 2 rings (SSSR count). The normalized spacial score (nSPS) is 11.4. The number of nitrogens with one attached hydrogen (secondary N) is 1. The van der Waals surface area contributed by atoms with E-state index in [-0.39, 0.29) is 11.6 Å². The molecule has 0 atom stereocenters. The molecule has 0 spiro atoms. The van der Waals surface area contributed by atoms with E-state index in [9.17, 15) is 13.2 Å². The minimum atomic E-state index is -4.71. The van der Waals surface area contributed by atoms with Crippen LogP contribution in [0.5, 0.6) is 5.75 Å². The standard InChI is InChI=1S/C8H5F3N4O/c9-8(10,11)16-6-3-1-2-5(4-6)7-12-14-15-13-7/h1-4H,(H,12,13,14,15). The lowest BCUT2D eigenvalue weighted by molar-refractivity contribution is -0.274. The van der Waals surface area contributed by atoms with E-state index in [2.05, 4.69) is 25.4 Å². The second-order valence-corrected chi connectivity index (χ2v) is 2.81. The van der Waals surface area contributed by atoms with Crippen LogP contribution in [0.1, 0.15) is 0 Å². The first-order valence-electron chi connectivity index (χ1n) is 4.14. The summed E-state index contributed by atoms with van der Waals surface area (Å²) < 4.78 is 39.6. The van der Waals surface area contributed by atoms with Crippen LogP contribution in [0.2, 0.25) is 0 Å². The number of aromatic nitrogens is 4. The molecule has 5 nitrogen and oxygen atoms in total. The molecule has 1 heterocycles. The molecule has 0 aliphatic carbocycles. The van der Waals surface area contributed by atoms with Crippen LogP contribution in [0.3, 0.4) is 0 Å². The number of hydrogen-bond acceptors (Lipinski definition) is 4. The van der Waals surface area contributed by atoms with Gasteiger partial charge in [0.05, 0.1) is 0 Å². The van der Waals surface area contributed by atoms with E-state index in [0.717, 1.165) is 0 Å². The smallest absolute Gasteiger partial charge is 0.406 e. The topological polar surface area (TPSA) is 63.7 Å². The number of tetrazole rings is 1. The van der Waals surface area contributed by atoms with Crippen LogP contribution in [0.25, 0.3) is 11.4 Å². The number of rotatable bonds is 2. The van der Waals surface area contributed by atoms with E-state index in [1.165, 1.54) is 18.2 Å². The fourth-order valence-corrected chi connectivity index (χ4v) is 1.12. The highest BCUT2D eigenvalue weighted by Gasteiger charge is 2.31. The molecular formula is C8H5F3N4O. The monoisotopic (exact) mass is 230 g/mol. The Morgan fingerprint density at radius 3 is 2.69 bits per heavy atom. The molecular weight excluding hydrogens is 225 g/mol. The van der Waals surface area contributed by atoms with Gasteiger partial charge in [0.25, 0.3) is 0 Å². The Morgan fingerprint density at radius 2 is 2.06 bits per heavy atom. The molecule has 0 amide bonds. The molecule has 1 N–H and O–H groups in total. The molecule has 0 bridgehead atoms. The Hall–Kier alpha value is -2.12. The van der Waals surface area contributed by atoms with Crippen molar-refractivity contribution in [1.29, 1.82) is 0 Å². The highest BCUT2D eigenvalue weighted by atomic mass is 19.4. The van der Waals surface area contributed by atoms with Crippen LogP contribution in [-0.4, -0.2) is 27.0 Å². The molecule has 0 aliphatic heterocycles. The number of alkyl halides is 3. The fraction of sp³-hybridized carbons (Fsp3) is 0.125. The van der Waals surface area contributed by atoms with E-state index in [0.29, 0.717) is 5.56 Å². The van der Waals surface area contributed by atoms with Crippen LogP contribution in [-0.2, 0) is 0 Å². The highest BCUT2D eigenvalue weighted by molar-refractivity contribution is 5.56. The summed E-state index contributed by atoms with van der Waals surface area (Å²) in [6.07, 6.45) is -4.71. The van der Waals surface area contributed by atoms with Gasteiger partial charge < -0.3 is 4.74 Å². The molecule has 2 aromatic rings. The van der Waals surface area contributed by atoms with Gasteiger partial charge in [0.1, 0.15) is 5.75 Å². The van der Waals surface area contributed by atoms with Crippen LogP contribution >= 0.6 is 0 Å². The van der Waals surface area contributed by atoms with Gasteiger partial charge in [0.2, 0.25) is 5.82 Å². The Balaban J connectivity index is 2.27. The Morgan fingerprint density at radius 1 is 1.25 bits per heavy atom. The number of hydrogen-bond donors (Lipinski definition) is 1.